The minimum Gasteiger partial charge on any atom is -0.505 e. The molecule has 0 amide bonds. The van der Waals surface area contributed by atoms with E-state index < -0.39 is 29.1 Å². The number of hydrogen-bond acceptors (Lipinski definition) is 1. The Morgan fingerprint density at radius 2 is 1.63 bits per heavy atom. The van der Waals surface area contributed by atoms with Gasteiger partial charge in [-0.2, -0.15) is 13.2 Å². The van der Waals surface area contributed by atoms with E-state index in [0.29, 0.717) is 6.07 Å². The Morgan fingerprint density at radius 1 is 0.947 bits per heavy atom. The maximum atomic E-state index is 13.8. The lowest BCUT2D eigenvalue weighted by Gasteiger charge is -2.11. The quantitative estimate of drug-likeness (QED) is 0.766. The number of rotatable bonds is 1. The average molecular weight is 274 g/mol. The second-order valence-electron chi connectivity index (χ2n) is 3.83. The lowest BCUT2D eigenvalue weighted by atomic mass is 10.0. The molecule has 0 aliphatic rings. The summed E-state index contributed by atoms with van der Waals surface area (Å²) in [5.41, 5.74) is -1.80. The van der Waals surface area contributed by atoms with E-state index in [-0.39, 0.29) is 11.1 Å². The second-order valence-corrected chi connectivity index (χ2v) is 3.83. The van der Waals surface area contributed by atoms with Crippen LogP contribution < -0.4 is 0 Å². The molecule has 0 bridgehead atoms. The highest BCUT2D eigenvalue weighted by molar-refractivity contribution is 5.66. The van der Waals surface area contributed by atoms with Crippen LogP contribution >= 0.6 is 0 Å². The van der Waals surface area contributed by atoms with E-state index in [9.17, 15) is 22.0 Å². The smallest absolute Gasteiger partial charge is 0.419 e. The summed E-state index contributed by atoms with van der Waals surface area (Å²) in [5.74, 6) is -3.15. The van der Waals surface area contributed by atoms with Crippen molar-refractivity contribution in [3.8, 4) is 16.9 Å². The summed E-state index contributed by atoms with van der Waals surface area (Å²) in [4.78, 5) is 0. The van der Waals surface area contributed by atoms with Gasteiger partial charge in [0.1, 0.15) is 5.82 Å². The van der Waals surface area contributed by atoms with Crippen molar-refractivity contribution in [1.29, 1.82) is 0 Å². The van der Waals surface area contributed by atoms with Gasteiger partial charge in [0.15, 0.2) is 11.6 Å². The topological polar surface area (TPSA) is 20.2 Å². The van der Waals surface area contributed by atoms with Crippen molar-refractivity contribution in [2.45, 2.75) is 6.18 Å². The first kappa shape index (κ1) is 13.3. The van der Waals surface area contributed by atoms with Crippen LogP contribution in [0.1, 0.15) is 5.56 Å². The van der Waals surface area contributed by atoms with Gasteiger partial charge in [0, 0.05) is 5.56 Å². The molecule has 6 heteroatoms. The number of phenolic OH excluding ortho intramolecular Hbond substituents is 1. The van der Waals surface area contributed by atoms with Crippen LogP contribution in [-0.2, 0) is 6.18 Å². The Kier molecular flexibility index (Phi) is 3.18. The molecule has 0 radical (unpaired) electrons. The van der Waals surface area contributed by atoms with Crippen LogP contribution in [-0.4, -0.2) is 5.11 Å². The summed E-state index contributed by atoms with van der Waals surface area (Å²) in [7, 11) is 0. The molecule has 2 rings (SSSR count). The standard InChI is InChI=1S/C13H7F5O/c14-10-5-4-7(6-11(10)19)8-2-1-3-9(12(8)15)13(16,17)18/h1-6,19H. The van der Waals surface area contributed by atoms with Gasteiger partial charge in [-0.05, 0) is 23.8 Å². The monoisotopic (exact) mass is 274 g/mol. The maximum Gasteiger partial charge on any atom is 0.419 e. The van der Waals surface area contributed by atoms with Crippen LogP contribution in [0, 0.1) is 11.6 Å². The van der Waals surface area contributed by atoms with E-state index in [1.54, 1.807) is 0 Å². The SMILES string of the molecule is Oc1cc(-c2cccc(C(F)(F)F)c2F)ccc1F. The third-order valence-electron chi connectivity index (χ3n) is 2.56. The molecule has 0 aliphatic heterocycles. The van der Waals surface area contributed by atoms with E-state index in [0.717, 1.165) is 30.3 Å². The van der Waals surface area contributed by atoms with Crippen LogP contribution in [0.15, 0.2) is 36.4 Å². The number of alkyl halides is 3. The molecule has 0 saturated heterocycles. The molecular weight excluding hydrogens is 267 g/mol. The molecule has 100 valence electrons. The number of halogens is 5. The predicted octanol–water partition coefficient (Wildman–Crippen LogP) is 4.36. The number of hydrogen-bond donors (Lipinski definition) is 1. The van der Waals surface area contributed by atoms with Crippen LogP contribution in [0.2, 0.25) is 0 Å². The number of benzene rings is 2. The fourth-order valence-corrected chi connectivity index (χ4v) is 1.65. The maximum absolute atomic E-state index is 13.8. The van der Waals surface area contributed by atoms with Gasteiger partial charge >= 0.3 is 6.18 Å². The molecule has 0 unspecified atom stereocenters. The summed E-state index contributed by atoms with van der Waals surface area (Å²) >= 11 is 0. The first-order valence-electron chi connectivity index (χ1n) is 5.15. The summed E-state index contributed by atoms with van der Waals surface area (Å²) in [6.07, 6.45) is -4.82. The molecule has 0 heterocycles. The molecule has 0 fully saturated rings. The van der Waals surface area contributed by atoms with Crippen LogP contribution in [0.25, 0.3) is 11.1 Å². The van der Waals surface area contributed by atoms with Crippen molar-refractivity contribution in [2.24, 2.45) is 0 Å². The zero-order valence-corrected chi connectivity index (χ0v) is 9.30. The summed E-state index contributed by atoms with van der Waals surface area (Å²) in [6.45, 7) is 0. The largest absolute Gasteiger partial charge is 0.505 e. The average Bonchev–Trinajstić information content (AvgIpc) is 2.32. The van der Waals surface area contributed by atoms with Crippen molar-refractivity contribution in [3.63, 3.8) is 0 Å². The highest BCUT2D eigenvalue weighted by Crippen LogP contribution is 2.36. The zero-order valence-electron chi connectivity index (χ0n) is 9.30. The van der Waals surface area contributed by atoms with Gasteiger partial charge in [-0.3, -0.25) is 0 Å². The van der Waals surface area contributed by atoms with Crippen molar-refractivity contribution in [2.75, 3.05) is 0 Å². The van der Waals surface area contributed by atoms with E-state index in [4.69, 9.17) is 5.11 Å². The van der Waals surface area contributed by atoms with Crippen LogP contribution in [0.5, 0.6) is 5.75 Å². The second kappa shape index (κ2) is 4.53. The lowest BCUT2D eigenvalue weighted by molar-refractivity contribution is -0.139. The van der Waals surface area contributed by atoms with Gasteiger partial charge in [-0.1, -0.05) is 18.2 Å². The van der Waals surface area contributed by atoms with E-state index in [2.05, 4.69) is 0 Å². The van der Waals surface area contributed by atoms with Gasteiger partial charge in [0.2, 0.25) is 0 Å². The Bertz CT molecular complexity index is 619. The molecule has 0 saturated carbocycles. The zero-order chi connectivity index (χ0) is 14.2. The highest BCUT2D eigenvalue weighted by atomic mass is 19.4. The highest BCUT2D eigenvalue weighted by Gasteiger charge is 2.34. The van der Waals surface area contributed by atoms with Crippen molar-refractivity contribution < 1.29 is 27.1 Å². The Labute approximate surface area is 104 Å². The first-order chi connectivity index (χ1) is 8.80. The molecule has 0 atom stereocenters. The molecule has 0 aromatic heterocycles. The van der Waals surface area contributed by atoms with Crippen molar-refractivity contribution in [3.05, 3.63) is 53.6 Å². The molecule has 2 aromatic rings. The van der Waals surface area contributed by atoms with E-state index in [1.165, 1.54) is 0 Å². The number of aromatic hydroxyl groups is 1. The molecule has 1 N–H and O–H groups in total. The van der Waals surface area contributed by atoms with Gasteiger partial charge in [-0.25, -0.2) is 8.78 Å². The molecule has 1 nitrogen and oxygen atoms in total. The Morgan fingerprint density at radius 3 is 2.21 bits per heavy atom. The first-order valence-corrected chi connectivity index (χ1v) is 5.15. The van der Waals surface area contributed by atoms with Crippen molar-refractivity contribution >= 4 is 0 Å². The summed E-state index contributed by atoms with van der Waals surface area (Å²) in [5, 5.41) is 9.16. The minimum atomic E-state index is -4.82. The van der Waals surface area contributed by atoms with Gasteiger partial charge in [-0.15, -0.1) is 0 Å². The third kappa shape index (κ3) is 2.52. The predicted molar refractivity (Wildman–Crippen MR) is 58.5 cm³/mol. The van der Waals surface area contributed by atoms with Gasteiger partial charge in [0.25, 0.3) is 0 Å². The fraction of sp³-hybridized carbons (Fsp3) is 0.0769. The number of phenols is 1. The normalized spacial score (nSPS) is 11.6. The molecule has 0 spiro atoms. The summed E-state index contributed by atoms with van der Waals surface area (Å²) < 4.78 is 64.3. The molecule has 2 aromatic carbocycles. The summed E-state index contributed by atoms with van der Waals surface area (Å²) in [6, 6.07) is 5.59. The van der Waals surface area contributed by atoms with Crippen molar-refractivity contribution in [1.82, 2.24) is 0 Å². The lowest BCUT2D eigenvalue weighted by Crippen LogP contribution is -2.08. The van der Waals surface area contributed by atoms with Gasteiger partial charge in [0.05, 0.1) is 5.56 Å². The Balaban J connectivity index is 2.60. The fourth-order valence-electron chi connectivity index (χ4n) is 1.65. The van der Waals surface area contributed by atoms with E-state index in [1.807, 2.05) is 0 Å². The molecular formula is C13H7F5O. The third-order valence-corrected chi connectivity index (χ3v) is 2.56. The van der Waals surface area contributed by atoms with Gasteiger partial charge < -0.3 is 5.11 Å². The molecule has 0 aliphatic carbocycles. The van der Waals surface area contributed by atoms with Crippen LogP contribution in [0.3, 0.4) is 0 Å². The van der Waals surface area contributed by atoms with E-state index >= 15 is 0 Å². The van der Waals surface area contributed by atoms with Crippen LogP contribution in [0.4, 0.5) is 22.0 Å². The molecule has 19 heavy (non-hydrogen) atoms. The minimum absolute atomic E-state index is 0.0394. The Hall–Kier alpha value is -2.11.